The lowest BCUT2D eigenvalue weighted by Crippen LogP contribution is -2.48. The molecule has 0 saturated heterocycles. The lowest BCUT2D eigenvalue weighted by Gasteiger charge is -2.21. The van der Waals surface area contributed by atoms with Crippen LogP contribution in [-0.4, -0.2) is 40.4 Å². The summed E-state index contributed by atoms with van der Waals surface area (Å²) >= 11 is 7.49. The molecule has 1 aliphatic heterocycles. The van der Waals surface area contributed by atoms with Crippen molar-refractivity contribution in [2.45, 2.75) is 44.3 Å². The molecule has 10 heteroatoms. The molecule has 2 atom stereocenters. The molecule has 0 bridgehead atoms. The van der Waals surface area contributed by atoms with E-state index in [-0.39, 0.29) is 36.3 Å². The van der Waals surface area contributed by atoms with Gasteiger partial charge in [-0.2, -0.15) is 0 Å². The maximum absolute atomic E-state index is 12.8. The number of thiazole rings is 1. The van der Waals surface area contributed by atoms with Gasteiger partial charge in [-0.3, -0.25) is 9.59 Å². The average Bonchev–Trinajstić information content (AvgIpc) is 3.45. The van der Waals surface area contributed by atoms with E-state index in [1.807, 2.05) is 12.1 Å². The highest BCUT2D eigenvalue weighted by molar-refractivity contribution is 7.13. The Morgan fingerprint density at radius 2 is 1.90 bits per heavy atom. The summed E-state index contributed by atoms with van der Waals surface area (Å²) in [5.41, 5.74) is 2.38. The fourth-order valence-corrected chi connectivity index (χ4v) is 5.39. The van der Waals surface area contributed by atoms with Gasteiger partial charge in [-0.15, -0.1) is 23.7 Å². The molecule has 2 aliphatic rings. The summed E-state index contributed by atoms with van der Waals surface area (Å²) in [5, 5.41) is 11.5. The number of hydrogen-bond donors (Lipinski definition) is 4. The predicted octanol–water partition coefficient (Wildman–Crippen LogP) is 3.43. The highest BCUT2D eigenvalue weighted by Gasteiger charge is 2.31. The monoisotopic (exact) mass is 479 g/mol. The first-order valence-corrected chi connectivity index (χ1v) is 11.4. The third kappa shape index (κ3) is 4.57. The zero-order valence-corrected chi connectivity index (χ0v) is 19.1. The Hall–Kier alpha value is -2.13. The number of hydrogen-bond acceptors (Lipinski definition) is 5. The van der Waals surface area contributed by atoms with E-state index >= 15 is 0 Å². The van der Waals surface area contributed by atoms with Gasteiger partial charge in [0.25, 0.3) is 11.8 Å². The molecule has 1 saturated carbocycles. The fraction of sp³-hybridized carbons (Fsp3) is 0.381. The van der Waals surface area contributed by atoms with Crippen molar-refractivity contribution in [1.29, 1.82) is 0 Å². The van der Waals surface area contributed by atoms with Gasteiger partial charge in [-0.25, -0.2) is 4.98 Å². The second-order valence-corrected chi connectivity index (χ2v) is 9.34. The SMILES string of the molecule is Cl.O=C(N[C@@H]1CCCC1NC(=O)c1nc2c(s1)CNCC2)c1cc2cc(Cl)ccc2[nH]1. The molecule has 3 aromatic rings. The Labute approximate surface area is 194 Å². The predicted molar refractivity (Wildman–Crippen MR) is 124 cm³/mol. The van der Waals surface area contributed by atoms with Crippen molar-refractivity contribution in [1.82, 2.24) is 25.9 Å². The number of amides is 2. The summed E-state index contributed by atoms with van der Waals surface area (Å²) in [6, 6.07) is 7.07. The number of nitrogens with one attached hydrogen (secondary N) is 4. The molecule has 5 rings (SSSR count). The van der Waals surface area contributed by atoms with E-state index < -0.39 is 0 Å². The molecule has 0 radical (unpaired) electrons. The lowest BCUT2D eigenvalue weighted by molar-refractivity contribution is 0.0889. The van der Waals surface area contributed by atoms with Crippen LogP contribution >= 0.6 is 35.3 Å². The van der Waals surface area contributed by atoms with Gasteiger partial charge in [0.1, 0.15) is 5.69 Å². The van der Waals surface area contributed by atoms with E-state index in [2.05, 4.69) is 25.9 Å². The molecule has 1 fully saturated rings. The minimum absolute atomic E-state index is 0. The quantitative estimate of drug-likeness (QED) is 0.460. The highest BCUT2D eigenvalue weighted by Crippen LogP contribution is 2.25. The maximum atomic E-state index is 12.8. The van der Waals surface area contributed by atoms with Gasteiger partial charge >= 0.3 is 0 Å². The smallest absolute Gasteiger partial charge is 0.280 e. The third-order valence-electron chi connectivity index (χ3n) is 5.77. The first-order chi connectivity index (χ1) is 14.6. The van der Waals surface area contributed by atoms with Crippen molar-refractivity contribution < 1.29 is 9.59 Å². The van der Waals surface area contributed by atoms with Crippen molar-refractivity contribution in [2.24, 2.45) is 0 Å². The van der Waals surface area contributed by atoms with Crippen molar-refractivity contribution in [3.05, 3.63) is 50.6 Å². The second-order valence-electron chi connectivity index (χ2n) is 7.82. The summed E-state index contributed by atoms with van der Waals surface area (Å²) in [4.78, 5) is 34.3. The molecule has 4 N–H and O–H groups in total. The van der Waals surface area contributed by atoms with Crippen LogP contribution in [0.1, 0.15) is 50.1 Å². The van der Waals surface area contributed by atoms with Crippen LogP contribution in [-0.2, 0) is 13.0 Å². The summed E-state index contributed by atoms with van der Waals surface area (Å²) in [6.45, 7) is 1.67. The minimum Gasteiger partial charge on any atom is -0.351 e. The summed E-state index contributed by atoms with van der Waals surface area (Å²) in [7, 11) is 0. The van der Waals surface area contributed by atoms with E-state index in [4.69, 9.17) is 11.6 Å². The molecule has 3 heterocycles. The number of halogens is 2. The first kappa shape index (κ1) is 22.1. The number of benzene rings is 1. The van der Waals surface area contributed by atoms with Gasteiger partial charge in [0.05, 0.1) is 5.69 Å². The Kier molecular flexibility index (Phi) is 6.52. The molecule has 2 amide bonds. The zero-order valence-electron chi connectivity index (χ0n) is 16.7. The van der Waals surface area contributed by atoms with Crippen LogP contribution in [0.25, 0.3) is 10.9 Å². The average molecular weight is 480 g/mol. The molecule has 0 spiro atoms. The van der Waals surface area contributed by atoms with Gasteiger partial charge < -0.3 is 20.9 Å². The van der Waals surface area contributed by atoms with Crippen LogP contribution < -0.4 is 16.0 Å². The topological polar surface area (TPSA) is 98.9 Å². The number of carbonyl (C=O) groups excluding carboxylic acids is 2. The number of carbonyl (C=O) groups is 2. The standard InChI is InChI=1S/C21H22ClN5O2S.ClH/c22-12-4-5-13-11(8-12)9-17(24-13)19(28)25-14-2-1-3-15(14)26-20(29)21-27-16-6-7-23-10-18(16)30-21;/h4-5,8-9,14-15,23-24H,1-3,6-7,10H2,(H,25,28)(H,26,29);1H/t14-,15?;/m1./s1. The van der Waals surface area contributed by atoms with Crippen molar-refractivity contribution in [3.63, 3.8) is 0 Å². The van der Waals surface area contributed by atoms with Crippen molar-refractivity contribution in [2.75, 3.05) is 6.54 Å². The molecule has 7 nitrogen and oxygen atoms in total. The van der Waals surface area contributed by atoms with Crippen LogP contribution in [0.4, 0.5) is 0 Å². The van der Waals surface area contributed by atoms with Crippen molar-refractivity contribution in [3.8, 4) is 0 Å². The van der Waals surface area contributed by atoms with Crippen LogP contribution in [0.5, 0.6) is 0 Å². The van der Waals surface area contributed by atoms with E-state index in [1.54, 1.807) is 12.1 Å². The van der Waals surface area contributed by atoms with E-state index in [0.717, 1.165) is 60.2 Å². The minimum atomic E-state index is -0.177. The van der Waals surface area contributed by atoms with Crippen molar-refractivity contribution >= 4 is 58.1 Å². The summed E-state index contributed by atoms with van der Waals surface area (Å²) < 4.78 is 0. The Balaban J connectivity index is 0.00000231. The van der Waals surface area contributed by atoms with E-state index in [9.17, 15) is 9.59 Å². The van der Waals surface area contributed by atoms with Crippen LogP contribution in [0.15, 0.2) is 24.3 Å². The molecule has 1 aliphatic carbocycles. The number of aromatic amines is 1. The van der Waals surface area contributed by atoms with E-state index in [0.29, 0.717) is 15.7 Å². The van der Waals surface area contributed by atoms with Crippen LogP contribution in [0.2, 0.25) is 5.02 Å². The Bertz CT molecular complexity index is 1100. The summed E-state index contributed by atoms with van der Waals surface area (Å²) in [5.74, 6) is -0.329. The maximum Gasteiger partial charge on any atom is 0.280 e. The Morgan fingerprint density at radius 3 is 2.68 bits per heavy atom. The molecule has 2 aromatic heterocycles. The Morgan fingerprint density at radius 1 is 1.13 bits per heavy atom. The molecular weight excluding hydrogens is 457 g/mol. The number of aromatic nitrogens is 2. The third-order valence-corrected chi connectivity index (χ3v) is 7.10. The largest absolute Gasteiger partial charge is 0.351 e. The van der Waals surface area contributed by atoms with Gasteiger partial charge in [0.15, 0.2) is 5.01 Å². The van der Waals surface area contributed by atoms with E-state index in [1.165, 1.54) is 11.3 Å². The highest BCUT2D eigenvalue weighted by atomic mass is 35.5. The van der Waals surface area contributed by atoms with Gasteiger partial charge in [-0.05, 0) is 43.5 Å². The first-order valence-electron chi connectivity index (χ1n) is 10.2. The summed E-state index contributed by atoms with van der Waals surface area (Å²) in [6.07, 6.45) is 3.49. The fourth-order valence-electron chi connectivity index (χ4n) is 4.23. The molecule has 164 valence electrons. The number of rotatable bonds is 4. The second kappa shape index (κ2) is 9.16. The normalized spacial score (nSPS) is 20.2. The van der Waals surface area contributed by atoms with Gasteiger partial charge in [0.2, 0.25) is 0 Å². The molecule has 1 unspecified atom stereocenters. The molecule has 31 heavy (non-hydrogen) atoms. The van der Waals surface area contributed by atoms with Crippen LogP contribution in [0, 0.1) is 0 Å². The number of nitrogens with zero attached hydrogens (tertiary/aromatic N) is 1. The molecular formula is C21H23Cl2N5O2S. The number of fused-ring (bicyclic) bond motifs is 2. The molecule has 1 aromatic carbocycles. The zero-order chi connectivity index (χ0) is 20.7. The van der Waals surface area contributed by atoms with Crippen LogP contribution in [0.3, 0.4) is 0 Å². The number of H-pyrrole nitrogens is 1. The lowest BCUT2D eigenvalue weighted by atomic mass is 10.1. The van der Waals surface area contributed by atoms with Gasteiger partial charge in [0, 0.05) is 52.4 Å². The van der Waals surface area contributed by atoms with Gasteiger partial charge in [-0.1, -0.05) is 11.6 Å².